The van der Waals surface area contributed by atoms with Crippen LogP contribution >= 0.6 is 11.8 Å². The van der Waals surface area contributed by atoms with Crippen LogP contribution < -0.4 is 5.73 Å². The lowest BCUT2D eigenvalue weighted by atomic mass is 9.98. The number of thioether (sulfide) groups is 1. The number of hydrogen-bond donors (Lipinski definition) is 1. The van der Waals surface area contributed by atoms with Gasteiger partial charge in [-0.05, 0) is 24.5 Å². The second-order valence-corrected chi connectivity index (χ2v) is 5.16. The lowest BCUT2D eigenvalue weighted by molar-refractivity contribution is 0.461. The van der Waals surface area contributed by atoms with Crippen LogP contribution in [0.4, 0.5) is 0 Å². The van der Waals surface area contributed by atoms with Gasteiger partial charge in [-0.3, -0.25) is 0 Å². The van der Waals surface area contributed by atoms with E-state index in [4.69, 9.17) is 5.73 Å². The van der Waals surface area contributed by atoms with E-state index in [1.165, 1.54) is 44.3 Å². The molecular formula is C12H27NS. The fraction of sp³-hybridized carbons (Fsp3) is 1.00. The second-order valence-electron chi connectivity index (χ2n) is 4.01. The molecule has 0 aromatic rings. The molecule has 2 N–H and O–H groups in total. The second kappa shape index (κ2) is 11.4. The van der Waals surface area contributed by atoms with Crippen LogP contribution in [-0.2, 0) is 0 Å². The number of hydrogen-bond acceptors (Lipinski definition) is 2. The van der Waals surface area contributed by atoms with Gasteiger partial charge in [-0.15, -0.1) is 0 Å². The van der Waals surface area contributed by atoms with Crippen molar-refractivity contribution in [2.75, 3.05) is 18.1 Å². The molecule has 0 aromatic heterocycles. The van der Waals surface area contributed by atoms with Crippen molar-refractivity contribution in [2.45, 2.75) is 52.4 Å². The van der Waals surface area contributed by atoms with Crippen molar-refractivity contribution in [1.82, 2.24) is 0 Å². The van der Waals surface area contributed by atoms with E-state index in [0.29, 0.717) is 0 Å². The minimum Gasteiger partial charge on any atom is -0.330 e. The molecule has 2 heteroatoms. The first-order chi connectivity index (χ1) is 6.85. The fourth-order valence-electron chi connectivity index (χ4n) is 1.63. The van der Waals surface area contributed by atoms with E-state index < -0.39 is 0 Å². The van der Waals surface area contributed by atoms with Crippen molar-refractivity contribution in [2.24, 2.45) is 11.7 Å². The standard InChI is InChI=1S/C12H27NS/c1-3-5-7-12(8-6-4-2)11-14-10-9-13/h12H,3-11,13H2,1-2H3. The monoisotopic (exact) mass is 217 g/mol. The Morgan fingerprint density at radius 1 is 1.07 bits per heavy atom. The third kappa shape index (κ3) is 8.89. The first kappa shape index (κ1) is 14.3. The summed E-state index contributed by atoms with van der Waals surface area (Å²) in [5.41, 5.74) is 5.49. The number of nitrogens with two attached hydrogens (primary N) is 1. The molecule has 0 rings (SSSR count). The molecule has 0 aliphatic rings. The predicted octanol–water partition coefficient (Wildman–Crippen LogP) is 3.67. The summed E-state index contributed by atoms with van der Waals surface area (Å²) in [5.74, 6) is 3.41. The Labute approximate surface area is 94.2 Å². The van der Waals surface area contributed by atoms with Crippen molar-refractivity contribution in [3.05, 3.63) is 0 Å². The summed E-state index contributed by atoms with van der Waals surface area (Å²) in [6, 6.07) is 0. The highest BCUT2D eigenvalue weighted by atomic mass is 32.2. The SMILES string of the molecule is CCCCC(CCCC)CSCCN. The zero-order valence-corrected chi connectivity index (χ0v) is 10.7. The van der Waals surface area contributed by atoms with Gasteiger partial charge in [-0.2, -0.15) is 11.8 Å². The highest BCUT2D eigenvalue weighted by Crippen LogP contribution is 2.20. The zero-order valence-electron chi connectivity index (χ0n) is 9.93. The molecule has 0 aliphatic carbocycles. The van der Waals surface area contributed by atoms with Crippen molar-refractivity contribution in [3.63, 3.8) is 0 Å². The molecule has 0 radical (unpaired) electrons. The average Bonchev–Trinajstić information content (AvgIpc) is 2.21. The Balaban J connectivity index is 3.49. The Kier molecular flexibility index (Phi) is 11.6. The Morgan fingerprint density at radius 2 is 1.64 bits per heavy atom. The average molecular weight is 217 g/mol. The summed E-state index contributed by atoms with van der Waals surface area (Å²) in [6.07, 6.45) is 8.33. The number of rotatable bonds is 10. The van der Waals surface area contributed by atoms with Gasteiger partial charge in [0.05, 0.1) is 0 Å². The summed E-state index contributed by atoms with van der Waals surface area (Å²) in [6.45, 7) is 5.40. The molecule has 0 spiro atoms. The Morgan fingerprint density at radius 3 is 2.07 bits per heavy atom. The molecule has 86 valence electrons. The smallest absolute Gasteiger partial charge is 0.00559 e. The van der Waals surface area contributed by atoms with Crippen molar-refractivity contribution in [3.8, 4) is 0 Å². The molecule has 0 atom stereocenters. The largest absolute Gasteiger partial charge is 0.330 e. The quantitative estimate of drug-likeness (QED) is 0.565. The summed E-state index contributed by atoms with van der Waals surface area (Å²) >= 11 is 2.04. The third-order valence-electron chi connectivity index (χ3n) is 2.55. The Bertz CT molecular complexity index is 98.5. The van der Waals surface area contributed by atoms with E-state index >= 15 is 0 Å². The minimum atomic E-state index is 0.832. The van der Waals surface area contributed by atoms with Crippen LogP contribution in [0.5, 0.6) is 0 Å². The maximum atomic E-state index is 5.49. The van der Waals surface area contributed by atoms with E-state index in [0.717, 1.165) is 18.2 Å². The van der Waals surface area contributed by atoms with Gasteiger partial charge < -0.3 is 5.73 Å². The van der Waals surface area contributed by atoms with Gasteiger partial charge in [0.2, 0.25) is 0 Å². The van der Waals surface area contributed by atoms with Crippen molar-refractivity contribution >= 4 is 11.8 Å². The molecule has 0 saturated heterocycles. The van der Waals surface area contributed by atoms with E-state index in [1.807, 2.05) is 11.8 Å². The first-order valence-electron chi connectivity index (χ1n) is 6.12. The van der Waals surface area contributed by atoms with Gasteiger partial charge in [-0.1, -0.05) is 39.5 Å². The highest BCUT2D eigenvalue weighted by molar-refractivity contribution is 7.99. The van der Waals surface area contributed by atoms with Crippen LogP contribution in [-0.4, -0.2) is 18.1 Å². The summed E-state index contributed by atoms with van der Waals surface area (Å²) in [4.78, 5) is 0. The third-order valence-corrected chi connectivity index (χ3v) is 3.78. The van der Waals surface area contributed by atoms with Gasteiger partial charge in [0.1, 0.15) is 0 Å². The molecule has 0 unspecified atom stereocenters. The van der Waals surface area contributed by atoms with Crippen LogP contribution in [0.2, 0.25) is 0 Å². The van der Waals surface area contributed by atoms with Crippen LogP contribution in [0.3, 0.4) is 0 Å². The molecular weight excluding hydrogens is 190 g/mol. The molecule has 0 bridgehead atoms. The summed E-state index contributed by atoms with van der Waals surface area (Å²) in [7, 11) is 0. The molecule has 0 fully saturated rings. The van der Waals surface area contributed by atoms with Gasteiger partial charge >= 0.3 is 0 Å². The molecule has 1 nitrogen and oxygen atoms in total. The lowest BCUT2D eigenvalue weighted by Crippen LogP contribution is -2.08. The van der Waals surface area contributed by atoms with Gasteiger partial charge in [0, 0.05) is 12.3 Å². The van der Waals surface area contributed by atoms with Crippen molar-refractivity contribution in [1.29, 1.82) is 0 Å². The van der Waals surface area contributed by atoms with E-state index in [2.05, 4.69) is 13.8 Å². The zero-order chi connectivity index (χ0) is 10.6. The highest BCUT2D eigenvalue weighted by Gasteiger charge is 2.07. The van der Waals surface area contributed by atoms with Gasteiger partial charge in [0.25, 0.3) is 0 Å². The van der Waals surface area contributed by atoms with Crippen LogP contribution in [0.25, 0.3) is 0 Å². The van der Waals surface area contributed by atoms with Crippen LogP contribution in [0.1, 0.15) is 52.4 Å². The Hall–Kier alpha value is 0.310. The van der Waals surface area contributed by atoms with Gasteiger partial charge in [-0.25, -0.2) is 0 Å². The minimum absolute atomic E-state index is 0.832. The predicted molar refractivity (Wildman–Crippen MR) is 68.9 cm³/mol. The molecule has 0 amide bonds. The fourth-order valence-corrected chi connectivity index (χ4v) is 2.63. The van der Waals surface area contributed by atoms with E-state index in [1.54, 1.807) is 0 Å². The molecule has 14 heavy (non-hydrogen) atoms. The molecule has 0 aromatic carbocycles. The summed E-state index contributed by atoms with van der Waals surface area (Å²) in [5, 5.41) is 0. The normalized spacial score (nSPS) is 11.1. The number of unbranched alkanes of at least 4 members (excludes halogenated alkanes) is 2. The first-order valence-corrected chi connectivity index (χ1v) is 7.28. The molecule has 0 saturated carbocycles. The van der Waals surface area contributed by atoms with Gasteiger partial charge in [0.15, 0.2) is 0 Å². The van der Waals surface area contributed by atoms with Crippen LogP contribution in [0, 0.1) is 5.92 Å². The molecule has 0 aliphatic heterocycles. The maximum absolute atomic E-state index is 5.49. The van der Waals surface area contributed by atoms with E-state index in [9.17, 15) is 0 Å². The topological polar surface area (TPSA) is 26.0 Å². The maximum Gasteiger partial charge on any atom is 0.00559 e. The summed E-state index contributed by atoms with van der Waals surface area (Å²) < 4.78 is 0. The van der Waals surface area contributed by atoms with E-state index in [-0.39, 0.29) is 0 Å². The molecule has 0 heterocycles. The van der Waals surface area contributed by atoms with Crippen molar-refractivity contribution < 1.29 is 0 Å². The van der Waals surface area contributed by atoms with Crippen LogP contribution in [0.15, 0.2) is 0 Å². The lowest BCUT2D eigenvalue weighted by Gasteiger charge is -2.15.